The number of aromatic nitrogens is 5. The quantitative estimate of drug-likeness (QED) is 0.493. The van der Waals surface area contributed by atoms with Gasteiger partial charge in [0.05, 0.1) is 28.1 Å². The zero-order valence-corrected chi connectivity index (χ0v) is 14.9. The Morgan fingerprint density at radius 1 is 0.800 bits per heavy atom. The number of benzene rings is 2. The molecule has 9 heteroatoms. The van der Waals surface area contributed by atoms with E-state index in [4.69, 9.17) is 34.8 Å². The first kappa shape index (κ1) is 17.4. The summed E-state index contributed by atoms with van der Waals surface area (Å²) in [5, 5.41) is 3.49. The molecule has 2 N–H and O–H groups in total. The number of H-pyrrole nitrogens is 1. The molecule has 0 aliphatic rings. The van der Waals surface area contributed by atoms with E-state index in [-0.39, 0.29) is 16.5 Å². The summed E-state index contributed by atoms with van der Waals surface area (Å²) in [5.41, 5.74) is 2.79. The number of aromatic amines is 1. The van der Waals surface area contributed by atoms with Gasteiger partial charge in [-0.1, -0.05) is 35.9 Å². The van der Waals surface area contributed by atoms with Crippen molar-refractivity contribution < 1.29 is 0 Å². The van der Waals surface area contributed by atoms with Crippen LogP contribution in [0.5, 0.6) is 0 Å². The fourth-order valence-electron chi connectivity index (χ4n) is 1.94. The van der Waals surface area contributed by atoms with Gasteiger partial charge in [0.15, 0.2) is 0 Å². The number of anilines is 2. The minimum Gasteiger partial charge on any atom is -0.345 e. The molecule has 0 unspecified atom stereocenters. The van der Waals surface area contributed by atoms with Crippen molar-refractivity contribution in [2.24, 2.45) is 0 Å². The fourth-order valence-corrected chi connectivity index (χ4v) is 2.49. The fraction of sp³-hybridized carbons (Fsp3) is 0. The Bertz CT molecular complexity index is 938. The molecule has 0 spiro atoms. The first-order chi connectivity index (χ1) is 12.1. The van der Waals surface area contributed by atoms with E-state index in [1.54, 1.807) is 18.5 Å². The van der Waals surface area contributed by atoms with Crippen molar-refractivity contribution in [3.63, 3.8) is 0 Å². The van der Waals surface area contributed by atoms with Crippen molar-refractivity contribution in [2.45, 2.75) is 0 Å². The highest BCUT2D eigenvalue weighted by Crippen LogP contribution is 2.23. The third-order valence-electron chi connectivity index (χ3n) is 3.03. The Labute approximate surface area is 158 Å². The number of hydrogen-bond acceptors (Lipinski definition) is 5. The van der Waals surface area contributed by atoms with E-state index in [1.165, 1.54) is 0 Å². The topological polar surface area (TPSA) is 79.4 Å². The van der Waals surface area contributed by atoms with Gasteiger partial charge in [-0.2, -0.15) is 15.0 Å². The minimum absolute atomic E-state index is 0.0227. The Balaban J connectivity index is 0.000000170. The lowest BCUT2D eigenvalue weighted by atomic mass is 10.3. The Morgan fingerprint density at radius 2 is 1.48 bits per heavy atom. The highest BCUT2D eigenvalue weighted by Gasteiger charge is 2.05. The number of para-hydroxylation sites is 3. The highest BCUT2D eigenvalue weighted by molar-refractivity contribution is 6.33. The molecule has 0 aliphatic heterocycles. The monoisotopic (exact) mass is 392 g/mol. The number of imidazole rings is 1. The molecular formula is C16H11Cl3N6. The van der Waals surface area contributed by atoms with Crippen LogP contribution in [0.4, 0.5) is 11.6 Å². The molecule has 126 valence electrons. The largest absolute Gasteiger partial charge is 0.345 e. The van der Waals surface area contributed by atoms with Gasteiger partial charge in [-0.25, -0.2) is 4.98 Å². The predicted molar refractivity (Wildman–Crippen MR) is 101 cm³/mol. The zero-order valence-electron chi connectivity index (χ0n) is 12.6. The van der Waals surface area contributed by atoms with Gasteiger partial charge in [-0.05, 0) is 47.5 Å². The zero-order chi connectivity index (χ0) is 17.6. The molecule has 0 saturated heterocycles. The van der Waals surface area contributed by atoms with Gasteiger partial charge in [0.2, 0.25) is 16.5 Å². The number of hydrogen-bond donors (Lipinski definition) is 2. The molecule has 6 nitrogen and oxygen atoms in total. The van der Waals surface area contributed by atoms with Gasteiger partial charge in [0.1, 0.15) is 0 Å². The van der Waals surface area contributed by atoms with Gasteiger partial charge in [0, 0.05) is 0 Å². The van der Waals surface area contributed by atoms with Crippen LogP contribution in [0.25, 0.3) is 11.0 Å². The van der Waals surface area contributed by atoms with Crippen LogP contribution in [0.1, 0.15) is 0 Å². The third kappa shape index (κ3) is 4.79. The van der Waals surface area contributed by atoms with Crippen LogP contribution >= 0.6 is 34.8 Å². The first-order valence-corrected chi connectivity index (χ1v) is 8.22. The molecule has 0 fully saturated rings. The molecule has 4 aromatic rings. The van der Waals surface area contributed by atoms with Crippen LogP contribution in [-0.2, 0) is 0 Å². The number of halogens is 3. The molecule has 0 saturated carbocycles. The van der Waals surface area contributed by atoms with Crippen LogP contribution in [-0.4, -0.2) is 24.9 Å². The molecule has 2 aromatic carbocycles. The Kier molecular flexibility index (Phi) is 5.65. The van der Waals surface area contributed by atoms with Gasteiger partial charge >= 0.3 is 0 Å². The first-order valence-electron chi connectivity index (χ1n) is 7.08. The third-order valence-corrected chi connectivity index (χ3v) is 3.70. The maximum absolute atomic E-state index is 5.95. The molecule has 0 radical (unpaired) electrons. The number of nitrogens with one attached hydrogen (secondary N) is 2. The Hall–Kier alpha value is -2.41. The lowest BCUT2D eigenvalue weighted by Gasteiger charge is -2.06. The van der Waals surface area contributed by atoms with E-state index in [2.05, 4.69) is 30.2 Å². The molecule has 0 amide bonds. The highest BCUT2D eigenvalue weighted by atomic mass is 35.5. The van der Waals surface area contributed by atoms with E-state index in [0.717, 1.165) is 11.0 Å². The molecule has 2 aromatic heterocycles. The summed E-state index contributed by atoms with van der Waals surface area (Å²) < 4.78 is 0. The summed E-state index contributed by atoms with van der Waals surface area (Å²) in [6.45, 7) is 0. The molecule has 4 rings (SSSR count). The van der Waals surface area contributed by atoms with Crippen LogP contribution in [0.2, 0.25) is 15.6 Å². The average molecular weight is 394 g/mol. The molecule has 0 bridgehead atoms. The van der Waals surface area contributed by atoms with Crippen LogP contribution < -0.4 is 5.32 Å². The second-order valence-corrected chi connectivity index (χ2v) is 5.80. The van der Waals surface area contributed by atoms with Gasteiger partial charge in [-0.15, -0.1) is 0 Å². The minimum atomic E-state index is 0.0227. The van der Waals surface area contributed by atoms with E-state index >= 15 is 0 Å². The summed E-state index contributed by atoms with van der Waals surface area (Å²) in [7, 11) is 0. The molecule has 0 aliphatic carbocycles. The Morgan fingerprint density at radius 3 is 2.20 bits per heavy atom. The summed E-state index contributed by atoms with van der Waals surface area (Å²) in [5.74, 6) is 0.248. The lowest BCUT2D eigenvalue weighted by Crippen LogP contribution is -1.99. The maximum atomic E-state index is 5.95. The number of fused-ring (bicyclic) bond motifs is 1. The van der Waals surface area contributed by atoms with Crippen LogP contribution in [0.3, 0.4) is 0 Å². The SMILES string of the molecule is Clc1nc(Cl)nc(Nc2ccccc2Cl)n1.c1ccc2[nH]cnc2c1. The van der Waals surface area contributed by atoms with Gasteiger partial charge < -0.3 is 10.3 Å². The second kappa shape index (κ2) is 8.11. The van der Waals surface area contributed by atoms with E-state index < -0.39 is 0 Å². The van der Waals surface area contributed by atoms with Gasteiger partial charge in [0.25, 0.3) is 0 Å². The van der Waals surface area contributed by atoms with Crippen LogP contribution in [0, 0.1) is 0 Å². The maximum Gasteiger partial charge on any atom is 0.232 e. The smallest absolute Gasteiger partial charge is 0.232 e. The van der Waals surface area contributed by atoms with Crippen LogP contribution in [0.15, 0.2) is 54.9 Å². The van der Waals surface area contributed by atoms with Crippen molar-refractivity contribution in [1.82, 2.24) is 24.9 Å². The van der Waals surface area contributed by atoms with E-state index in [1.807, 2.05) is 36.4 Å². The van der Waals surface area contributed by atoms with E-state index in [0.29, 0.717) is 10.7 Å². The molecule has 25 heavy (non-hydrogen) atoms. The van der Waals surface area contributed by atoms with Crippen molar-refractivity contribution in [3.05, 3.63) is 70.4 Å². The number of nitrogens with zero attached hydrogens (tertiary/aromatic N) is 4. The average Bonchev–Trinajstić information content (AvgIpc) is 3.05. The summed E-state index contributed by atoms with van der Waals surface area (Å²) >= 11 is 17.2. The normalized spacial score (nSPS) is 10.2. The second-order valence-electron chi connectivity index (χ2n) is 4.72. The summed E-state index contributed by atoms with van der Waals surface area (Å²) in [6.07, 6.45) is 1.70. The molecule has 0 atom stereocenters. The standard InChI is InChI=1S/C9H5Cl3N4.C7H6N2/c10-5-3-1-2-4-6(5)13-9-15-7(11)14-8(12)16-9;1-2-4-7-6(3-1)8-5-9-7/h1-4H,(H,13,14,15,16);1-5H,(H,8,9). The van der Waals surface area contributed by atoms with Crippen molar-refractivity contribution in [2.75, 3.05) is 5.32 Å². The van der Waals surface area contributed by atoms with Crippen molar-refractivity contribution >= 4 is 57.5 Å². The summed E-state index contributed by atoms with van der Waals surface area (Å²) in [6, 6.07) is 15.1. The lowest BCUT2D eigenvalue weighted by molar-refractivity contribution is 1.05. The van der Waals surface area contributed by atoms with E-state index in [9.17, 15) is 0 Å². The number of rotatable bonds is 2. The summed E-state index contributed by atoms with van der Waals surface area (Å²) in [4.78, 5) is 18.4. The molecular weight excluding hydrogens is 383 g/mol. The van der Waals surface area contributed by atoms with Crippen molar-refractivity contribution in [3.8, 4) is 0 Å². The van der Waals surface area contributed by atoms with Crippen molar-refractivity contribution in [1.29, 1.82) is 0 Å². The predicted octanol–water partition coefficient (Wildman–Crippen LogP) is 5.14. The molecule has 2 heterocycles. The van der Waals surface area contributed by atoms with Gasteiger partial charge in [-0.3, -0.25) is 0 Å².